The number of hydrogen-bond acceptors (Lipinski definition) is 4. The Balaban J connectivity index is 2.03. The molecule has 2 heterocycles. The van der Waals surface area contributed by atoms with Crippen molar-refractivity contribution >= 4 is 48.7 Å². The molecule has 0 unspecified atom stereocenters. The van der Waals surface area contributed by atoms with E-state index in [1.807, 2.05) is 30.3 Å². The van der Waals surface area contributed by atoms with Gasteiger partial charge in [0.15, 0.2) is 0 Å². The van der Waals surface area contributed by atoms with Crippen LogP contribution in [0.25, 0.3) is 10.1 Å². The summed E-state index contributed by atoms with van der Waals surface area (Å²) in [5, 5.41) is 13.3. The van der Waals surface area contributed by atoms with Gasteiger partial charge in [-0.25, -0.2) is 0 Å². The first kappa shape index (κ1) is 12.2. The summed E-state index contributed by atoms with van der Waals surface area (Å²) in [5.41, 5.74) is 1.90. The highest BCUT2D eigenvalue weighted by molar-refractivity contribution is 9.10. The Morgan fingerprint density at radius 3 is 2.74 bits per heavy atom. The summed E-state index contributed by atoms with van der Waals surface area (Å²) in [4.78, 5) is 4.90. The van der Waals surface area contributed by atoms with Crippen LogP contribution < -0.4 is 5.32 Å². The van der Waals surface area contributed by atoms with Crippen LogP contribution in [-0.2, 0) is 0 Å². The maximum Gasteiger partial charge on any atom is 0.110 e. The molecule has 5 heteroatoms. The van der Waals surface area contributed by atoms with E-state index in [-0.39, 0.29) is 0 Å². The molecule has 0 saturated heterocycles. The lowest BCUT2D eigenvalue weighted by atomic mass is 10.2. The van der Waals surface area contributed by atoms with Crippen molar-refractivity contribution in [1.29, 1.82) is 5.26 Å². The average Bonchev–Trinajstić information content (AvgIpc) is 2.85. The predicted molar refractivity (Wildman–Crippen MR) is 81.8 cm³/mol. The molecular weight excluding hydrogens is 322 g/mol. The largest absolute Gasteiger partial charge is 0.354 e. The molecule has 2 aromatic heterocycles. The smallest absolute Gasteiger partial charge is 0.110 e. The van der Waals surface area contributed by atoms with Crippen LogP contribution in [0.1, 0.15) is 4.88 Å². The summed E-state index contributed by atoms with van der Waals surface area (Å²) < 4.78 is 2.05. The van der Waals surface area contributed by atoms with Gasteiger partial charge in [-0.05, 0) is 30.3 Å². The third kappa shape index (κ3) is 2.46. The minimum absolute atomic E-state index is 0.696. The normalized spacial score (nSPS) is 10.3. The molecule has 0 saturated carbocycles. The van der Waals surface area contributed by atoms with Gasteiger partial charge in [-0.2, -0.15) is 5.26 Å². The van der Waals surface area contributed by atoms with Crippen LogP contribution in [0.3, 0.4) is 0 Å². The van der Waals surface area contributed by atoms with Crippen LogP contribution >= 0.6 is 27.3 Å². The predicted octanol–water partition coefficient (Wildman–Crippen LogP) is 4.67. The van der Waals surface area contributed by atoms with Crippen LogP contribution in [0.4, 0.5) is 11.4 Å². The lowest BCUT2D eigenvalue weighted by molar-refractivity contribution is 1.36. The first-order valence-electron chi connectivity index (χ1n) is 5.56. The highest BCUT2D eigenvalue weighted by atomic mass is 79.9. The average molecular weight is 330 g/mol. The summed E-state index contributed by atoms with van der Waals surface area (Å²) in [6.07, 6.45) is 3.56. The number of halogens is 1. The van der Waals surface area contributed by atoms with Crippen molar-refractivity contribution in [3.63, 3.8) is 0 Å². The minimum Gasteiger partial charge on any atom is -0.354 e. The third-order valence-corrected chi connectivity index (χ3v) is 4.18. The fourth-order valence-electron chi connectivity index (χ4n) is 1.80. The summed E-state index contributed by atoms with van der Waals surface area (Å²) in [6, 6.07) is 12.0. The molecule has 3 nitrogen and oxygen atoms in total. The van der Waals surface area contributed by atoms with E-state index in [4.69, 9.17) is 5.26 Å². The molecular formula is C14H8BrN3S. The van der Waals surface area contributed by atoms with Gasteiger partial charge >= 0.3 is 0 Å². The number of pyridine rings is 1. The van der Waals surface area contributed by atoms with Crippen molar-refractivity contribution in [3.8, 4) is 6.07 Å². The van der Waals surface area contributed by atoms with Gasteiger partial charge < -0.3 is 5.32 Å². The van der Waals surface area contributed by atoms with E-state index in [1.165, 1.54) is 11.3 Å². The van der Waals surface area contributed by atoms with Crippen LogP contribution in [0, 0.1) is 11.3 Å². The molecule has 0 bridgehead atoms. The number of anilines is 2. The topological polar surface area (TPSA) is 48.7 Å². The van der Waals surface area contributed by atoms with Crippen molar-refractivity contribution in [2.45, 2.75) is 0 Å². The zero-order chi connectivity index (χ0) is 13.2. The lowest BCUT2D eigenvalue weighted by Crippen LogP contribution is -1.91. The number of nitriles is 1. The molecule has 19 heavy (non-hydrogen) atoms. The number of fused-ring (bicyclic) bond motifs is 1. The third-order valence-electron chi connectivity index (χ3n) is 2.68. The summed E-state index contributed by atoms with van der Waals surface area (Å²) in [5.74, 6) is 0. The van der Waals surface area contributed by atoms with Gasteiger partial charge in [0.1, 0.15) is 10.9 Å². The highest BCUT2D eigenvalue weighted by Crippen LogP contribution is 2.31. The fourth-order valence-corrected chi connectivity index (χ4v) is 2.92. The standard InChI is InChI=1S/C14H8BrN3S/c15-9-1-3-10(4-2-9)18-13-7-17-8-14-12(13)5-11(6-16)19-14/h1-5,7-8,18H. The monoisotopic (exact) mass is 329 g/mol. The quantitative estimate of drug-likeness (QED) is 0.742. The second-order valence-electron chi connectivity index (χ2n) is 3.95. The maximum atomic E-state index is 8.96. The van der Waals surface area contributed by atoms with Gasteiger partial charge in [0.05, 0.1) is 16.6 Å². The van der Waals surface area contributed by atoms with Crippen molar-refractivity contribution in [2.24, 2.45) is 0 Å². The van der Waals surface area contributed by atoms with E-state index in [9.17, 15) is 0 Å². The summed E-state index contributed by atoms with van der Waals surface area (Å²) in [6.45, 7) is 0. The van der Waals surface area contributed by atoms with Crippen LogP contribution in [0.2, 0.25) is 0 Å². The van der Waals surface area contributed by atoms with E-state index >= 15 is 0 Å². The number of benzene rings is 1. The maximum absolute atomic E-state index is 8.96. The Morgan fingerprint density at radius 2 is 2.00 bits per heavy atom. The molecule has 92 valence electrons. The Hall–Kier alpha value is -1.90. The number of rotatable bonds is 2. The number of thiophene rings is 1. The minimum atomic E-state index is 0.696. The van der Waals surface area contributed by atoms with Crippen LogP contribution in [-0.4, -0.2) is 4.98 Å². The molecule has 0 aliphatic heterocycles. The van der Waals surface area contributed by atoms with Crippen LogP contribution in [0.15, 0.2) is 47.2 Å². The second kappa shape index (κ2) is 5.00. The highest BCUT2D eigenvalue weighted by Gasteiger charge is 2.06. The van der Waals surface area contributed by atoms with Crippen molar-refractivity contribution < 1.29 is 0 Å². The molecule has 3 aromatic rings. The number of aromatic nitrogens is 1. The summed E-state index contributed by atoms with van der Waals surface area (Å²) >= 11 is 4.86. The molecule has 0 spiro atoms. The summed E-state index contributed by atoms with van der Waals surface area (Å²) in [7, 11) is 0. The Bertz CT molecular complexity index is 771. The molecule has 3 rings (SSSR count). The second-order valence-corrected chi connectivity index (χ2v) is 5.95. The van der Waals surface area contributed by atoms with Gasteiger partial charge in [-0.15, -0.1) is 11.3 Å². The van der Waals surface area contributed by atoms with E-state index < -0.39 is 0 Å². The molecule has 1 aromatic carbocycles. The van der Waals surface area contributed by atoms with Crippen molar-refractivity contribution in [1.82, 2.24) is 4.98 Å². The van der Waals surface area contributed by atoms with Gasteiger partial charge in [-0.1, -0.05) is 15.9 Å². The first-order chi connectivity index (χ1) is 9.26. The zero-order valence-electron chi connectivity index (χ0n) is 9.72. The fraction of sp³-hybridized carbons (Fsp3) is 0. The molecule has 0 aliphatic carbocycles. The zero-order valence-corrected chi connectivity index (χ0v) is 12.1. The SMILES string of the molecule is N#Cc1cc2c(Nc3ccc(Br)cc3)cncc2s1. The van der Waals surface area contributed by atoms with E-state index in [2.05, 4.69) is 32.3 Å². The van der Waals surface area contributed by atoms with E-state index in [0.29, 0.717) is 4.88 Å². The molecule has 0 fully saturated rings. The molecule has 1 N–H and O–H groups in total. The Morgan fingerprint density at radius 1 is 1.21 bits per heavy atom. The molecule has 0 aliphatic rings. The molecule has 0 radical (unpaired) electrons. The number of hydrogen-bond donors (Lipinski definition) is 1. The molecule has 0 atom stereocenters. The lowest BCUT2D eigenvalue weighted by Gasteiger charge is -2.07. The number of nitrogens with one attached hydrogen (secondary N) is 1. The van der Waals surface area contributed by atoms with E-state index in [1.54, 1.807) is 12.4 Å². The van der Waals surface area contributed by atoms with Crippen molar-refractivity contribution in [3.05, 3.63) is 52.1 Å². The number of nitrogens with zero attached hydrogens (tertiary/aromatic N) is 2. The van der Waals surface area contributed by atoms with Crippen LogP contribution in [0.5, 0.6) is 0 Å². The van der Waals surface area contributed by atoms with Gasteiger partial charge in [-0.3, -0.25) is 4.98 Å². The van der Waals surface area contributed by atoms with Gasteiger partial charge in [0, 0.05) is 21.7 Å². The van der Waals surface area contributed by atoms with E-state index in [0.717, 1.165) is 25.9 Å². The van der Waals surface area contributed by atoms with Gasteiger partial charge in [0.2, 0.25) is 0 Å². The Labute approximate surface area is 122 Å². The van der Waals surface area contributed by atoms with Gasteiger partial charge in [0.25, 0.3) is 0 Å². The van der Waals surface area contributed by atoms with Crippen molar-refractivity contribution in [2.75, 3.05) is 5.32 Å². The Kier molecular flexibility index (Phi) is 3.20. The first-order valence-corrected chi connectivity index (χ1v) is 7.17. The molecule has 0 amide bonds.